The molecule has 0 spiro atoms. The number of hydrogen-bond donors (Lipinski definition) is 1. The lowest BCUT2D eigenvalue weighted by Crippen LogP contribution is -2.10. The molecule has 3 nitrogen and oxygen atoms in total. The van der Waals surface area contributed by atoms with Crippen LogP contribution in [-0.4, -0.2) is 12.5 Å². The summed E-state index contributed by atoms with van der Waals surface area (Å²) in [5.41, 5.74) is 6.70. The smallest absolute Gasteiger partial charge is 0.248 e. The van der Waals surface area contributed by atoms with E-state index < -0.39 is 5.91 Å². The van der Waals surface area contributed by atoms with Crippen LogP contribution < -0.4 is 5.73 Å². The Kier molecular flexibility index (Phi) is 1.59. The summed E-state index contributed by atoms with van der Waals surface area (Å²) < 4.78 is 5.08. The van der Waals surface area contributed by atoms with Crippen LogP contribution in [0.4, 0.5) is 0 Å². The van der Waals surface area contributed by atoms with Gasteiger partial charge in [0, 0.05) is 5.56 Å². The predicted molar refractivity (Wildman–Crippen MR) is 43.7 cm³/mol. The molecule has 2 rings (SSSR count). The van der Waals surface area contributed by atoms with Gasteiger partial charge in [0.05, 0.1) is 6.61 Å². The number of nitrogens with two attached hydrogens (primary N) is 1. The number of amides is 1. The third kappa shape index (κ3) is 1.31. The van der Waals surface area contributed by atoms with Crippen LogP contribution in [0.1, 0.15) is 22.0 Å². The summed E-state index contributed by atoms with van der Waals surface area (Å²) in [6, 6.07) is 7.23. The predicted octanol–water partition coefficient (Wildman–Crippen LogP) is 0.857. The summed E-state index contributed by atoms with van der Waals surface area (Å²) in [5, 5.41) is 0. The monoisotopic (exact) mass is 163 g/mol. The molecule has 0 aliphatic carbocycles. The minimum atomic E-state index is -0.391. The average molecular weight is 163 g/mol. The fourth-order valence-electron chi connectivity index (χ4n) is 1.13. The maximum absolute atomic E-state index is 10.8. The number of hydrogen-bond acceptors (Lipinski definition) is 2. The molecule has 0 aromatic heterocycles. The van der Waals surface area contributed by atoms with Gasteiger partial charge < -0.3 is 10.5 Å². The molecule has 12 heavy (non-hydrogen) atoms. The second-order valence-electron chi connectivity index (χ2n) is 2.81. The van der Waals surface area contributed by atoms with Crippen LogP contribution in [0.25, 0.3) is 0 Å². The topological polar surface area (TPSA) is 55.6 Å². The van der Waals surface area contributed by atoms with Crippen molar-refractivity contribution in [2.45, 2.75) is 6.10 Å². The van der Waals surface area contributed by atoms with E-state index in [-0.39, 0.29) is 6.10 Å². The van der Waals surface area contributed by atoms with E-state index in [9.17, 15) is 4.79 Å². The van der Waals surface area contributed by atoms with Crippen molar-refractivity contribution in [3.63, 3.8) is 0 Å². The van der Waals surface area contributed by atoms with Crippen molar-refractivity contribution in [3.8, 4) is 0 Å². The molecule has 1 aromatic rings. The number of epoxide rings is 1. The van der Waals surface area contributed by atoms with Crippen LogP contribution in [0.2, 0.25) is 0 Å². The zero-order chi connectivity index (χ0) is 8.55. The zero-order valence-corrected chi connectivity index (χ0v) is 6.49. The molecule has 0 saturated carbocycles. The summed E-state index contributed by atoms with van der Waals surface area (Å²) in [5.74, 6) is -0.391. The molecule has 1 aromatic carbocycles. The molecule has 1 heterocycles. The first-order chi connectivity index (χ1) is 5.77. The number of carbonyl (C=O) groups is 1. The highest BCUT2D eigenvalue weighted by atomic mass is 16.6. The van der Waals surface area contributed by atoms with Gasteiger partial charge in [-0.2, -0.15) is 0 Å². The Morgan fingerprint density at radius 3 is 2.92 bits per heavy atom. The molecule has 1 amide bonds. The van der Waals surface area contributed by atoms with E-state index in [2.05, 4.69) is 0 Å². The number of rotatable bonds is 2. The van der Waals surface area contributed by atoms with Crippen molar-refractivity contribution < 1.29 is 9.53 Å². The van der Waals surface area contributed by atoms with Crippen LogP contribution >= 0.6 is 0 Å². The van der Waals surface area contributed by atoms with E-state index in [4.69, 9.17) is 10.5 Å². The van der Waals surface area contributed by atoms with Crippen LogP contribution in [-0.2, 0) is 4.74 Å². The van der Waals surface area contributed by atoms with Crippen molar-refractivity contribution in [1.29, 1.82) is 0 Å². The van der Waals surface area contributed by atoms with Crippen LogP contribution in [0.5, 0.6) is 0 Å². The Labute approximate surface area is 70.1 Å². The van der Waals surface area contributed by atoms with Crippen molar-refractivity contribution in [3.05, 3.63) is 35.4 Å². The quantitative estimate of drug-likeness (QED) is 0.657. The van der Waals surface area contributed by atoms with E-state index in [0.717, 1.165) is 12.2 Å². The van der Waals surface area contributed by atoms with Gasteiger partial charge in [-0.1, -0.05) is 12.1 Å². The molecule has 1 atom stereocenters. The van der Waals surface area contributed by atoms with Gasteiger partial charge >= 0.3 is 0 Å². The van der Waals surface area contributed by atoms with E-state index in [1.54, 1.807) is 12.1 Å². The highest BCUT2D eigenvalue weighted by molar-refractivity contribution is 5.92. The maximum atomic E-state index is 10.8. The second-order valence-corrected chi connectivity index (χ2v) is 2.81. The molecule has 1 fully saturated rings. The van der Waals surface area contributed by atoms with Gasteiger partial charge in [0.1, 0.15) is 6.10 Å². The molecular weight excluding hydrogens is 154 g/mol. The zero-order valence-electron chi connectivity index (χ0n) is 6.49. The lowest BCUT2D eigenvalue weighted by atomic mass is 10.1. The highest BCUT2D eigenvalue weighted by Crippen LogP contribution is 2.29. The first-order valence-corrected chi connectivity index (χ1v) is 3.79. The number of carbonyl (C=O) groups excluding carboxylic acids is 1. The largest absolute Gasteiger partial charge is 0.368 e. The van der Waals surface area contributed by atoms with Gasteiger partial charge in [0.2, 0.25) is 5.91 Å². The Balaban J connectivity index is 2.32. The lowest BCUT2D eigenvalue weighted by Gasteiger charge is -1.97. The van der Waals surface area contributed by atoms with E-state index >= 15 is 0 Å². The summed E-state index contributed by atoms with van der Waals surface area (Å²) >= 11 is 0. The Hall–Kier alpha value is -1.35. The number of primary amides is 1. The Morgan fingerprint density at radius 2 is 2.33 bits per heavy atom. The summed E-state index contributed by atoms with van der Waals surface area (Å²) in [6.45, 7) is 0.752. The summed E-state index contributed by atoms with van der Waals surface area (Å²) in [7, 11) is 0. The van der Waals surface area contributed by atoms with Crippen LogP contribution in [0, 0.1) is 0 Å². The van der Waals surface area contributed by atoms with E-state index in [0.29, 0.717) is 5.56 Å². The molecule has 62 valence electrons. The molecule has 2 N–H and O–H groups in total. The Morgan fingerprint density at radius 1 is 1.58 bits per heavy atom. The first kappa shape index (κ1) is 7.31. The molecule has 1 aliphatic heterocycles. The second kappa shape index (κ2) is 2.60. The van der Waals surface area contributed by atoms with Crippen molar-refractivity contribution in [2.75, 3.05) is 6.61 Å². The van der Waals surface area contributed by atoms with E-state index in [1.165, 1.54) is 0 Å². The minimum absolute atomic E-state index is 0.185. The van der Waals surface area contributed by atoms with Gasteiger partial charge in [-0.15, -0.1) is 0 Å². The molecule has 0 bridgehead atoms. The van der Waals surface area contributed by atoms with Crippen LogP contribution in [0.15, 0.2) is 24.3 Å². The van der Waals surface area contributed by atoms with Crippen molar-refractivity contribution in [1.82, 2.24) is 0 Å². The maximum Gasteiger partial charge on any atom is 0.248 e. The fourth-order valence-corrected chi connectivity index (χ4v) is 1.13. The third-order valence-corrected chi connectivity index (χ3v) is 1.88. The normalized spacial score (nSPS) is 20.5. The molecule has 0 radical (unpaired) electrons. The minimum Gasteiger partial charge on any atom is -0.368 e. The van der Waals surface area contributed by atoms with Gasteiger partial charge in [-0.3, -0.25) is 4.79 Å². The van der Waals surface area contributed by atoms with E-state index in [1.807, 2.05) is 12.1 Å². The average Bonchev–Trinajstić information content (AvgIpc) is 2.87. The molecule has 1 saturated heterocycles. The molecule has 1 aliphatic rings. The van der Waals surface area contributed by atoms with Gasteiger partial charge in [-0.05, 0) is 17.7 Å². The number of ether oxygens (including phenoxy) is 1. The van der Waals surface area contributed by atoms with Gasteiger partial charge in [0.25, 0.3) is 0 Å². The van der Waals surface area contributed by atoms with Crippen LogP contribution in [0.3, 0.4) is 0 Å². The molecule has 1 unspecified atom stereocenters. The SMILES string of the molecule is NC(=O)c1cccc(C2CO2)c1. The Bertz CT molecular complexity index is 318. The first-order valence-electron chi connectivity index (χ1n) is 3.79. The standard InChI is InChI=1S/C9H9NO2/c10-9(11)7-3-1-2-6(4-7)8-5-12-8/h1-4,8H,5H2,(H2,10,11). The third-order valence-electron chi connectivity index (χ3n) is 1.88. The van der Waals surface area contributed by atoms with Crippen molar-refractivity contribution in [2.24, 2.45) is 5.73 Å². The van der Waals surface area contributed by atoms with Gasteiger partial charge in [0.15, 0.2) is 0 Å². The summed E-state index contributed by atoms with van der Waals surface area (Å²) in [6.07, 6.45) is 0.185. The lowest BCUT2D eigenvalue weighted by molar-refractivity contribution is 0.1000. The summed E-state index contributed by atoms with van der Waals surface area (Å²) in [4.78, 5) is 10.8. The molecular formula is C9H9NO2. The molecule has 3 heteroatoms. The van der Waals surface area contributed by atoms with Crippen molar-refractivity contribution >= 4 is 5.91 Å². The fraction of sp³-hybridized carbons (Fsp3) is 0.222. The number of benzene rings is 1. The van der Waals surface area contributed by atoms with Gasteiger partial charge in [-0.25, -0.2) is 0 Å². The highest BCUT2D eigenvalue weighted by Gasteiger charge is 2.24.